The number of hydrogen-bond donors (Lipinski definition) is 3. The molecule has 2 rings (SSSR count). The molecule has 0 amide bonds. The lowest BCUT2D eigenvalue weighted by Gasteiger charge is -2.24. The molecule has 1 aliphatic heterocycles. The fourth-order valence-corrected chi connectivity index (χ4v) is 3.15. The maximum absolute atomic E-state index is 11.2. The number of carbonyl (C=O) groups is 1. The first-order valence-corrected chi connectivity index (χ1v) is 8.63. The van der Waals surface area contributed by atoms with Gasteiger partial charge >= 0.3 is 5.97 Å². The number of rotatable bonds is 4. The van der Waals surface area contributed by atoms with Gasteiger partial charge in [0.1, 0.15) is 6.04 Å². The van der Waals surface area contributed by atoms with Gasteiger partial charge < -0.3 is 15.3 Å². The number of likely N-dealkylation sites (tertiary alicyclic amines) is 1. The van der Waals surface area contributed by atoms with E-state index < -0.39 is 22.0 Å². The standard InChI is InChI=1S/C13H17N3O4S2/c14-22(19,20)10-5-3-9(4-6-10)8-15-13(21)16-7-1-2-11(16)12(17)18/h3-6,11H,1-2,7-8H2,(H,15,21)(H,17,18)(H2,14,19,20). The highest BCUT2D eigenvalue weighted by atomic mass is 32.2. The van der Waals surface area contributed by atoms with Crippen LogP contribution in [0.1, 0.15) is 18.4 Å². The Balaban J connectivity index is 1.95. The van der Waals surface area contributed by atoms with Crippen molar-refractivity contribution in [1.82, 2.24) is 10.2 Å². The van der Waals surface area contributed by atoms with E-state index in [2.05, 4.69) is 5.32 Å². The van der Waals surface area contributed by atoms with Crippen LogP contribution in [0.5, 0.6) is 0 Å². The molecule has 0 aliphatic carbocycles. The smallest absolute Gasteiger partial charge is 0.326 e. The molecule has 120 valence electrons. The molecule has 1 saturated heterocycles. The second-order valence-electron chi connectivity index (χ2n) is 5.04. The van der Waals surface area contributed by atoms with Crippen LogP contribution in [-0.2, 0) is 21.4 Å². The largest absolute Gasteiger partial charge is 0.480 e. The molecule has 1 aromatic rings. The van der Waals surface area contributed by atoms with Gasteiger partial charge in [0.2, 0.25) is 10.0 Å². The first-order valence-electron chi connectivity index (χ1n) is 6.68. The van der Waals surface area contributed by atoms with E-state index in [1.165, 1.54) is 12.1 Å². The highest BCUT2D eigenvalue weighted by Crippen LogP contribution is 2.17. The zero-order chi connectivity index (χ0) is 16.3. The van der Waals surface area contributed by atoms with Crippen LogP contribution in [0.25, 0.3) is 0 Å². The lowest BCUT2D eigenvalue weighted by atomic mass is 10.2. The van der Waals surface area contributed by atoms with Crippen LogP contribution in [0.15, 0.2) is 29.2 Å². The number of sulfonamides is 1. The number of thiocarbonyl (C=S) groups is 1. The number of nitrogens with one attached hydrogen (secondary N) is 1. The number of nitrogens with zero attached hydrogens (tertiary/aromatic N) is 1. The fourth-order valence-electron chi connectivity index (χ4n) is 2.34. The zero-order valence-corrected chi connectivity index (χ0v) is 13.4. The number of hydrogen-bond acceptors (Lipinski definition) is 4. The Bertz CT molecular complexity index is 673. The fraction of sp³-hybridized carbons (Fsp3) is 0.385. The third kappa shape index (κ3) is 3.93. The van der Waals surface area contributed by atoms with Crippen LogP contribution in [0.4, 0.5) is 0 Å². The van der Waals surface area contributed by atoms with E-state index in [0.29, 0.717) is 24.6 Å². The summed E-state index contributed by atoms with van der Waals surface area (Å²) in [6, 6.07) is 5.53. The van der Waals surface area contributed by atoms with Gasteiger partial charge in [0.05, 0.1) is 4.90 Å². The first kappa shape index (κ1) is 16.7. The Hall–Kier alpha value is -1.71. The molecule has 0 bridgehead atoms. The summed E-state index contributed by atoms with van der Waals surface area (Å²) < 4.78 is 22.3. The van der Waals surface area contributed by atoms with Gasteiger partial charge in [-0.2, -0.15) is 0 Å². The summed E-state index contributed by atoms with van der Waals surface area (Å²) in [5.74, 6) is -0.876. The number of primary sulfonamides is 1. The normalized spacial score (nSPS) is 18.2. The second-order valence-corrected chi connectivity index (χ2v) is 6.99. The average molecular weight is 343 g/mol. The van der Waals surface area contributed by atoms with Crippen molar-refractivity contribution in [3.05, 3.63) is 29.8 Å². The predicted molar refractivity (Wildman–Crippen MR) is 84.6 cm³/mol. The minimum Gasteiger partial charge on any atom is -0.480 e. The molecule has 0 aromatic heterocycles. The number of aliphatic carboxylic acids is 1. The molecule has 0 radical (unpaired) electrons. The van der Waals surface area contributed by atoms with Crippen LogP contribution < -0.4 is 10.5 Å². The van der Waals surface area contributed by atoms with Crippen LogP contribution in [-0.4, -0.2) is 42.1 Å². The molecule has 7 nitrogen and oxygen atoms in total. The highest BCUT2D eigenvalue weighted by molar-refractivity contribution is 7.89. The number of carboxylic acid groups (broad SMARTS) is 1. The van der Waals surface area contributed by atoms with Gasteiger partial charge in [-0.05, 0) is 42.8 Å². The topological polar surface area (TPSA) is 113 Å². The monoisotopic (exact) mass is 343 g/mol. The maximum atomic E-state index is 11.2. The quantitative estimate of drug-likeness (QED) is 0.672. The number of benzene rings is 1. The molecule has 1 aromatic carbocycles. The van der Waals surface area contributed by atoms with E-state index in [0.717, 1.165) is 12.0 Å². The third-order valence-corrected chi connectivity index (χ3v) is 4.80. The van der Waals surface area contributed by atoms with Crippen LogP contribution in [0.3, 0.4) is 0 Å². The molecule has 1 atom stereocenters. The summed E-state index contributed by atoms with van der Waals surface area (Å²) in [4.78, 5) is 12.8. The highest BCUT2D eigenvalue weighted by Gasteiger charge is 2.31. The third-order valence-electron chi connectivity index (χ3n) is 3.49. The summed E-state index contributed by atoms with van der Waals surface area (Å²) >= 11 is 5.23. The Labute approximate surface area is 134 Å². The molecule has 4 N–H and O–H groups in total. The van der Waals surface area contributed by atoms with Crippen LogP contribution >= 0.6 is 12.2 Å². The molecule has 0 saturated carbocycles. The molecule has 1 unspecified atom stereocenters. The zero-order valence-electron chi connectivity index (χ0n) is 11.7. The molecule has 9 heteroatoms. The van der Waals surface area contributed by atoms with Gasteiger partial charge in [0.15, 0.2) is 5.11 Å². The maximum Gasteiger partial charge on any atom is 0.326 e. The second kappa shape index (κ2) is 6.59. The Kier molecular flexibility index (Phi) is 4.99. The SMILES string of the molecule is NS(=O)(=O)c1ccc(CNC(=S)N2CCCC2C(=O)O)cc1. The van der Waals surface area contributed by atoms with Crippen LogP contribution in [0.2, 0.25) is 0 Å². The van der Waals surface area contributed by atoms with E-state index in [4.69, 9.17) is 22.5 Å². The lowest BCUT2D eigenvalue weighted by Crippen LogP contribution is -2.45. The van der Waals surface area contributed by atoms with Crippen LogP contribution in [0, 0.1) is 0 Å². The summed E-state index contributed by atoms with van der Waals surface area (Å²) in [6.45, 7) is 1.000. The predicted octanol–water partition coefficient (Wildman–Crippen LogP) is 0.258. The molecule has 1 heterocycles. The van der Waals surface area contributed by atoms with Crippen molar-refractivity contribution in [2.24, 2.45) is 5.14 Å². The van der Waals surface area contributed by atoms with Crippen molar-refractivity contribution in [3.63, 3.8) is 0 Å². The molecular formula is C13H17N3O4S2. The minimum absolute atomic E-state index is 0.0457. The van der Waals surface area contributed by atoms with Gasteiger partial charge in [-0.1, -0.05) is 12.1 Å². The molecule has 22 heavy (non-hydrogen) atoms. The van der Waals surface area contributed by atoms with Gasteiger partial charge in [0.25, 0.3) is 0 Å². The van der Waals surface area contributed by atoms with Gasteiger partial charge in [-0.3, -0.25) is 0 Å². The van der Waals surface area contributed by atoms with Crippen molar-refractivity contribution < 1.29 is 18.3 Å². The van der Waals surface area contributed by atoms with E-state index in [1.54, 1.807) is 17.0 Å². The van der Waals surface area contributed by atoms with E-state index in [9.17, 15) is 13.2 Å². The van der Waals surface area contributed by atoms with Crippen molar-refractivity contribution in [1.29, 1.82) is 0 Å². The number of carboxylic acids is 1. The Morgan fingerprint density at radius 2 is 2.05 bits per heavy atom. The first-order chi connectivity index (χ1) is 10.3. The van der Waals surface area contributed by atoms with Gasteiger partial charge in [0, 0.05) is 13.1 Å². The van der Waals surface area contributed by atoms with E-state index in [-0.39, 0.29) is 4.90 Å². The van der Waals surface area contributed by atoms with Gasteiger partial charge in [-0.25, -0.2) is 18.4 Å². The van der Waals surface area contributed by atoms with Crippen molar-refractivity contribution in [3.8, 4) is 0 Å². The summed E-state index contributed by atoms with van der Waals surface area (Å²) in [7, 11) is -3.70. The molecule has 0 spiro atoms. The summed E-state index contributed by atoms with van der Waals surface area (Å²) in [5.41, 5.74) is 0.820. The summed E-state index contributed by atoms with van der Waals surface area (Å²) in [5, 5.41) is 17.5. The minimum atomic E-state index is -3.70. The molecule has 1 aliphatic rings. The van der Waals surface area contributed by atoms with E-state index in [1.807, 2.05) is 0 Å². The van der Waals surface area contributed by atoms with Gasteiger partial charge in [-0.15, -0.1) is 0 Å². The summed E-state index contributed by atoms with van der Waals surface area (Å²) in [6.07, 6.45) is 1.38. The van der Waals surface area contributed by atoms with Crippen molar-refractivity contribution >= 4 is 33.3 Å². The lowest BCUT2D eigenvalue weighted by molar-refractivity contribution is -0.140. The van der Waals surface area contributed by atoms with E-state index >= 15 is 0 Å². The Morgan fingerprint density at radius 1 is 1.41 bits per heavy atom. The number of nitrogens with two attached hydrogens (primary N) is 1. The molecule has 1 fully saturated rings. The Morgan fingerprint density at radius 3 is 2.59 bits per heavy atom. The van der Waals surface area contributed by atoms with Crippen molar-refractivity contribution in [2.75, 3.05) is 6.54 Å². The average Bonchev–Trinajstić information content (AvgIpc) is 2.94. The van der Waals surface area contributed by atoms with Crippen molar-refractivity contribution in [2.45, 2.75) is 30.3 Å². The molecular weight excluding hydrogens is 326 g/mol.